The summed E-state index contributed by atoms with van der Waals surface area (Å²) in [7, 11) is 0. The number of nitriles is 1. The molecule has 0 bridgehead atoms. The minimum Gasteiger partial charge on any atom is -0.463 e. The summed E-state index contributed by atoms with van der Waals surface area (Å²) in [5, 5.41) is 10.5. The summed E-state index contributed by atoms with van der Waals surface area (Å²) in [5.74, 6) is -4.58. The molecule has 2 aromatic rings. The predicted molar refractivity (Wildman–Crippen MR) is 107 cm³/mol. The number of nitrogens with zero attached hydrogens (tertiary/aromatic N) is 2. The smallest absolute Gasteiger partial charge is 0.338 e. The summed E-state index contributed by atoms with van der Waals surface area (Å²) >= 11 is 0. The van der Waals surface area contributed by atoms with Crippen LogP contribution in [0.4, 0.5) is 0 Å². The highest BCUT2D eigenvalue weighted by molar-refractivity contribution is 6.00. The minimum atomic E-state index is -1.28. The molecule has 0 saturated heterocycles. The lowest BCUT2D eigenvalue weighted by Gasteiger charge is -2.36. The van der Waals surface area contributed by atoms with Crippen LogP contribution in [0.1, 0.15) is 28.8 Å². The first-order valence-electron chi connectivity index (χ1n) is 9.30. The third-order valence-corrected chi connectivity index (χ3v) is 4.69. The van der Waals surface area contributed by atoms with Crippen molar-refractivity contribution in [2.45, 2.75) is 12.8 Å². The maximum absolute atomic E-state index is 13.1. The highest BCUT2D eigenvalue weighted by Gasteiger charge is 2.46. The Morgan fingerprint density at radius 2 is 1.73 bits per heavy atom. The summed E-state index contributed by atoms with van der Waals surface area (Å²) in [5.41, 5.74) is 9.38. The molecule has 8 heteroatoms. The van der Waals surface area contributed by atoms with E-state index in [0.29, 0.717) is 5.56 Å². The highest BCUT2D eigenvalue weighted by Crippen LogP contribution is 2.39. The predicted octanol–water partition coefficient (Wildman–Crippen LogP) is 1.83. The maximum Gasteiger partial charge on any atom is 0.338 e. The number of hydrazine groups is 1. The van der Waals surface area contributed by atoms with Gasteiger partial charge in [-0.25, -0.2) is 9.80 Å². The van der Waals surface area contributed by atoms with Crippen molar-refractivity contribution in [1.29, 1.82) is 5.26 Å². The van der Waals surface area contributed by atoms with Crippen LogP contribution in [0.3, 0.4) is 0 Å². The number of nitrogens with one attached hydrogen (secondary N) is 1. The summed E-state index contributed by atoms with van der Waals surface area (Å²) in [4.78, 5) is 38.4. The molecule has 2 atom stereocenters. The van der Waals surface area contributed by atoms with Crippen LogP contribution in [0.2, 0.25) is 0 Å². The number of hydrogen-bond acceptors (Lipinski definition) is 6. The number of esters is 1. The molecule has 152 valence electrons. The van der Waals surface area contributed by atoms with E-state index in [1.54, 1.807) is 67.6 Å². The zero-order valence-electron chi connectivity index (χ0n) is 16.2. The average Bonchev–Trinajstić information content (AvgIpc) is 2.77. The van der Waals surface area contributed by atoms with E-state index in [-0.39, 0.29) is 23.6 Å². The fraction of sp³-hybridized carbons (Fsp3) is 0.182. The van der Waals surface area contributed by atoms with Gasteiger partial charge < -0.3 is 10.5 Å². The van der Waals surface area contributed by atoms with Crippen molar-refractivity contribution in [3.63, 3.8) is 0 Å². The molecule has 1 heterocycles. The Kier molecular flexibility index (Phi) is 6.13. The van der Waals surface area contributed by atoms with Gasteiger partial charge in [0.05, 0.1) is 18.2 Å². The van der Waals surface area contributed by atoms with Crippen LogP contribution >= 0.6 is 0 Å². The fourth-order valence-electron chi connectivity index (χ4n) is 3.31. The number of carbonyl (C=O) groups is 3. The third kappa shape index (κ3) is 3.86. The molecule has 0 radical (unpaired) electrons. The van der Waals surface area contributed by atoms with Gasteiger partial charge in [-0.3, -0.25) is 15.0 Å². The number of benzene rings is 2. The second-order valence-corrected chi connectivity index (χ2v) is 6.50. The van der Waals surface area contributed by atoms with Crippen LogP contribution < -0.4 is 11.2 Å². The van der Waals surface area contributed by atoms with E-state index >= 15 is 0 Å². The van der Waals surface area contributed by atoms with Crippen molar-refractivity contribution in [2.24, 2.45) is 11.7 Å². The van der Waals surface area contributed by atoms with Gasteiger partial charge in [-0.1, -0.05) is 48.5 Å². The standard InChI is InChI=1S/C22H20N4O4/c1-2-30-22(29)18-17(14-9-5-3-6-10-14)16(13-23)21(28)26(19(18)24)25-20(27)15-11-7-4-8-12-15/h3-12,16-17H,2,24H2,1H3,(H,25,27). The van der Waals surface area contributed by atoms with E-state index in [1.165, 1.54) is 0 Å². The van der Waals surface area contributed by atoms with Crippen LogP contribution in [0.25, 0.3) is 0 Å². The van der Waals surface area contributed by atoms with Crippen molar-refractivity contribution in [1.82, 2.24) is 10.4 Å². The first kappa shape index (κ1) is 20.6. The van der Waals surface area contributed by atoms with Crippen LogP contribution in [-0.4, -0.2) is 29.4 Å². The van der Waals surface area contributed by atoms with Crippen LogP contribution in [0, 0.1) is 17.2 Å². The van der Waals surface area contributed by atoms with E-state index in [9.17, 15) is 19.6 Å². The van der Waals surface area contributed by atoms with Crippen molar-refractivity contribution < 1.29 is 19.1 Å². The Hall–Kier alpha value is -4.12. The number of nitrogens with two attached hydrogens (primary N) is 1. The van der Waals surface area contributed by atoms with E-state index < -0.39 is 29.6 Å². The number of ether oxygens (including phenoxy) is 1. The van der Waals surface area contributed by atoms with Crippen LogP contribution in [-0.2, 0) is 14.3 Å². The molecule has 2 amide bonds. The zero-order valence-corrected chi connectivity index (χ0v) is 16.2. The number of carbonyl (C=O) groups excluding carboxylic acids is 3. The van der Waals surface area contributed by atoms with Crippen LogP contribution in [0.15, 0.2) is 72.1 Å². The Bertz CT molecular complexity index is 1030. The lowest BCUT2D eigenvalue weighted by molar-refractivity contribution is -0.141. The molecule has 0 spiro atoms. The fourth-order valence-corrected chi connectivity index (χ4v) is 3.31. The summed E-state index contributed by atoms with van der Waals surface area (Å²) in [6.45, 7) is 1.72. The van der Waals surface area contributed by atoms with Crippen molar-refractivity contribution >= 4 is 17.8 Å². The molecule has 0 fully saturated rings. The molecule has 3 N–H and O–H groups in total. The molecular weight excluding hydrogens is 384 g/mol. The topological polar surface area (TPSA) is 126 Å². The Morgan fingerprint density at radius 1 is 1.13 bits per heavy atom. The highest BCUT2D eigenvalue weighted by atomic mass is 16.5. The number of amides is 2. The number of hydrogen-bond donors (Lipinski definition) is 2. The summed E-state index contributed by atoms with van der Waals surface area (Å²) in [6, 6.07) is 18.8. The molecule has 3 rings (SSSR count). The SMILES string of the molecule is CCOC(=O)C1=C(N)N(NC(=O)c2ccccc2)C(=O)C(C#N)C1c1ccccc1. The van der Waals surface area contributed by atoms with Crippen molar-refractivity contribution in [2.75, 3.05) is 6.61 Å². The van der Waals surface area contributed by atoms with Gasteiger partial charge >= 0.3 is 5.97 Å². The molecule has 30 heavy (non-hydrogen) atoms. The molecular formula is C22H20N4O4. The second kappa shape index (κ2) is 8.92. The Balaban J connectivity index is 2.09. The third-order valence-electron chi connectivity index (χ3n) is 4.69. The number of rotatable bonds is 5. The van der Waals surface area contributed by atoms with Gasteiger partial charge in [-0.05, 0) is 24.6 Å². The normalized spacial score (nSPS) is 18.5. The van der Waals surface area contributed by atoms with Gasteiger partial charge in [0.25, 0.3) is 11.8 Å². The van der Waals surface area contributed by atoms with E-state index in [1.807, 2.05) is 6.07 Å². The first-order valence-corrected chi connectivity index (χ1v) is 9.30. The van der Waals surface area contributed by atoms with E-state index in [4.69, 9.17) is 10.5 Å². The molecule has 1 aliphatic rings. The van der Waals surface area contributed by atoms with Crippen molar-refractivity contribution in [3.8, 4) is 6.07 Å². The summed E-state index contributed by atoms with van der Waals surface area (Å²) < 4.78 is 5.13. The molecule has 0 aliphatic carbocycles. The zero-order chi connectivity index (χ0) is 21.7. The van der Waals surface area contributed by atoms with Gasteiger partial charge in [0.15, 0.2) is 0 Å². The lowest BCUT2D eigenvalue weighted by Crippen LogP contribution is -2.55. The maximum atomic E-state index is 13.1. The molecule has 2 unspecified atom stereocenters. The van der Waals surface area contributed by atoms with Gasteiger partial charge in [0.2, 0.25) is 0 Å². The Morgan fingerprint density at radius 3 is 2.30 bits per heavy atom. The minimum absolute atomic E-state index is 0.0532. The summed E-state index contributed by atoms with van der Waals surface area (Å²) in [6.07, 6.45) is 0. The second-order valence-electron chi connectivity index (χ2n) is 6.50. The molecule has 1 aliphatic heterocycles. The average molecular weight is 404 g/mol. The van der Waals surface area contributed by atoms with Gasteiger partial charge in [0, 0.05) is 11.5 Å². The molecule has 8 nitrogen and oxygen atoms in total. The molecule has 0 aromatic heterocycles. The van der Waals surface area contributed by atoms with Crippen molar-refractivity contribution in [3.05, 3.63) is 83.2 Å². The molecule has 0 saturated carbocycles. The Labute approximate surface area is 173 Å². The van der Waals surface area contributed by atoms with Gasteiger partial charge in [-0.2, -0.15) is 5.26 Å². The quantitative estimate of drug-likeness (QED) is 0.733. The lowest BCUT2D eigenvalue weighted by atomic mass is 9.78. The van der Waals surface area contributed by atoms with Gasteiger partial charge in [0.1, 0.15) is 11.7 Å². The largest absolute Gasteiger partial charge is 0.463 e. The van der Waals surface area contributed by atoms with E-state index in [0.717, 1.165) is 5.01 Å². The first-order chi connectivity index (χ1) is 14.5. The van der Waals surface area contributed by atoms with E-state index in [2.05, 4.69) is 5.43 Å². The van der Waals surface area contributed by atoms with Crippen LogP contribution in [0.5, 0.6) is 0 Å². The monoisotopic (exact) mass is 404 g/mol. The van der Waals surface area contributed by atoms with Gasteiger partial charge in [-0.15, -0.1) is 0 Å². The molecule has 2 aromatic carbocycles.